The van der Waals surface area contributed by atoms with Gasteiger partial charge in [0, 0.05) is 19.6 Å². The fourth-order valence-electron chi connectivity index (χ4n) is 1.39. The Labute approximate surface area is 120 Å². The van der Waals surface area contributed by atoms with E-state index in [1.54, 1.807) is 6.20 Å². The van der Waals surface area contributed by atoms with Gasteiger partial charge >= 0.3 is 0 Å². The first-order valence-corrected chi connectivity index (χ1v) is 8.47. The van der Waals surface area contributed by atoms with E-state index in [-0.39, 0.29) is 12.1 Å². The Kier molecular flexibility index (Phi) is 5.95. The second-order valence-corrected chi connectivity index (χ2v) is 6.62. The molecule has 0 aliphatic heterocycles. The molecule has 108 valence electrons. The molecule has 0 bridgehead atoms. The van der Waals surface area contributed by atoms with Crippen LogP contribution in [0.3, 0.4) is 0 Å². The van der Waals surface area contributed by atoms with Gasteiger partial charge in [-0.05, 0) is 22.4 Å². The number of rotatable bonds is 7. The van der Waals surface area contributed by atoms with E-state index in [0.29, 0.717) is 23.2 Å². The van der Waals surface area contributed by atoms with Crippen LogP contribution in [-0.2, 0) is 16.6 Å². The van der Waals surface area contributed by atoms with Crippen molar-refractivity contribution >= 4 is 31.6 Å². The molecule has 0 unspecified atom stereocenters. The number of hydrogen-bond donors (Lipinski definition) is 2. The molecule has 0 amide bonds. The normalized spacial score (nSPS) is 11.5. The largest absolute Gasteiger partial charge is 0.381 e. The molecule has 1 rings (SSSR count). The summed E-state index contributed by atoms with van der Waals surface area (Å²) in [7, 11) is -3.19. The number of nitrogens with zero attached hydrogens (tertiary/aromatic N) is 2. The minimum absolute atomic E-state index is 0.206. The lowest BCUT2D eigenvalue weighted by atomic mass is 10.4. The van der Waals surface area contributed by atoms with Gasteiger partial charge < -0.3 is 5.32 Å². The molecule has 19 heavy (non-hydrogen) atoms. The molecule has 2 N–H and O–H groups in total. The highest BCUT2D eigenvalue weighted by Gasteiger charge is 2.08. The Hall–Kier alpha value is -0.930. The maximum atomic E-state index is 11.9. The second-order valence-electron chi connectivity index (χ2n) is 3.99. The second kappa shape index (κ2) is 7.01. The van der Waals surface area contributed by atoms with E-state index in [0.717, 1.165) is 12.7 Å². The first-order chi connectivity index (χ1) is 8.85. The molecule has 0 aromatic carbocycles. The van der Waals surface area contributed by atoms with Crippen molar-refractivity contribution in [1.82, 2.24) is 14.5 Å². The van der Waals surface area contributed by atoms with Gasteiger partial charge in [-0.2, -0.15) is 5.10 Å². The summed E-state index contributed by atoms with van der Waals surface area (Å²) in [5, 5.41) is 6.98. The van der Waals surface area contributed by atoms with Gasteiger partial charge in [0.2, 0.25) is 10.0 Å². The van der Waals surface area contributed by atoms with Gasteiger partial charge in [0.15, 0.2) is 0 Å². The molecule has 7 nitrogen and oxygen atoms in total. The Balaban J connectivity index is 2.65. The fourth-order valence-corrected chi connectivity index (χ4v) is 2.31. The molecule has 1 aromatic rings. The molecule has 0 saturated carbocycles. The van der Waals surface area contributed by atoms with Gasteiger partial charge in [-0.1, -0.05) is 6.92 Å². The SMILES string of the molecule is CCCn1ncc(NCCNS(C)(=O)=O)c(Br)c1=O. The molecule has 0 radical (unpaired) electrons. The lowest BCUT2D eigenvalue weighted by Gasteiger charge is -2.10. The Morgan fingerprint density at radius 2 is 2.11 bits per heavy atom. The van der Waals surface area contributed by atoms with Gasteiger partial charge in [-0.3, -0.25) is 4.79 Å². The van der Waals surface area contributed by atoms with E-state index in [2.05, 4.69) is 31.1 Å². The number of sulfonamides is 1. The maximum absolute atomic E-state index is 11.9. The molecule has 1 heterocycles. The average Bonchev–Trinajstić information content (AvgIpc) is 2.32. The third-order valence-electron chi connectivity index (χ3n) is 2.22. The summed E-state index contributed by atoms with van der Waals surface area (Å²) in [5.74, 6) is 0. The van der Waals surface area contributed by atoms with Crippen LogP contribution in [-0.4, -0.2) is 37.5 Å². The minimum Gasteiger partial charge on any atom is -0.381 e. The third kappa shape index (κ3) is 5.29. The van der Waals surface area contributed by atoms with Crippen LogP contribution >= 0.6 is 15.9 Å². The van der Waals surface area contributed by atoms with E-state index in [1.807, 2.05) is 6.92 Å². The van der Waals surface area contributed by atoms with Gasteiger partial charge in [-0.25, -0.2) is 17.8 Å². The standard InChI is InChI=1S/C10H17BrN4O3S/c1-3-6-15-10(16)9(11)8(7-13-15)12-4-5-14-19(2,17)18/h7,12,14H,3-6H2,1-2H3. The molecule has 9 heteroatoms. The quantitative estimate of drug-likeness (QED) is 0.692. The Morgan fingerprint density at radius 1 is 1.42 bits per heavy atom. The number of aromatic nitrogens is 2. The van der Waals surface area contributed by atoms with Crippen molar-refractivity contribution in [3.63, 3.8) is 0 Å². The van der Waals surface area contributed by atoms with Crippen LogP contribution in [0.1, 0.15) is 13.3 Å². The van der Waals surface area contributed by atoms with E-state index < -0.39 is 10.0 Å². The summed E-state index contributed by atoms with van der Waals surface area (Å²) < 4.78 is 25.9. The van der Waals surface area contributed by atoms with Crippen LogP contribution in [0.2, 0.25) is 0 Å². The highest BCUT2D eigenvalue weighted by Crippen LogP contribution is 2.15. The van der Waals surface area contributed by atoms with Crippen LogP contribution in [0, 0.1) is 0 Å². The zero-order chi connectivity index (χ0) is 14.5. The Morgan fingerprint density at radius 3 is 2.68 bits per heavy atom. The highest BCUT2D eigenvalue weighted by molar-refractivity contribution is 9.10. The minimum atomic E-state index is -3.19. The fraction of sp³-hybridized carbons (Fsp3) is 0.600. The molecule has 0 saturated heterocycles. The van der Waals surface area contributed by atoms with Crippen LogP contribution < -0.4 is 15.6 Å². The van der Waals surface area contributed by atoms with Gasteiger partial charge in [0.25, 0.3) is 5.56 Å². The van der Waals surface area contributed by atoms with Crippen LogP contribution in [0.25, 0.3) is 0 Å². The molecular formula is C10H17BrN4O3S. The van der Waals surface area contributed by atoms with E-state index in [4.69, 9.17) is 0 Å². The maximum Gasteiger partial charge on any atom is 0.283 e. The van der Waals surface area contributed by atoms with Crippen molar-refractivity contribution in [2.45, 2.75) is 19.9 Å². The van der Waals surface area contributed by atoms with E-state index in [1.165, 1.54) is 4.68 Å². The van der Waals surface area contributed by atoms with Crippen LogP contribution in [0.4, 0.5) is 5.69 Å². The predicted molar refractivity (Wildman–Crippen MR) is 77.8 cm³/mol. The summed E-state index contributed by atoms with van der Waals surface area (Å²) in [6.45, 7) is 3.13. The molecule has 0 spiro atoms. The first-order valence-electron chi connectivity index (χ1n) is 5.79. The van der Waals surface area contributed by atoms with Gasteiger partial charge in [0.05, 0.1) is 18.1 Å². The average molecular weight is 353 g/mol. The van der Waals surface area contributed by atoms with E-state index >= 15 is 0 Å². The number of halogens is 1. The predicted octanol–water partition coefficient (Wildman–Crippen LogP) is 0.377. The summed E-state index contributed by atoms with van der Waals surface area (Å²) in [4.78, 5) is 11.9. The molecule has 0 fully saturated rings. The summed E-state index contributed by atoms with van der Waals surface area (Å²) in [5.41, 5.74) is 0.343. The topological polar surface area (TPSA) is 93.1 Å². The number of hydrogen-bond acceptors (Lipinski definition) is 5. The van der Waals surface area contributed by atoms with Crippen LogP contribution in [0.5, 0.6) is 0 Å². The molecule has 0 atom stereocenters. The monoisotopic (exact) mass is 352 g/mol. The molecule has 0 aliphatic carbocycles. The van der Waals surface area contributed by atoms with Crippen molar-refractivity contribution in [1.29, 1.82) is 0 Å². The third-order valence-corrected chi connectivity index (χ3v) is 3.72. The van der Waals surface area contributed by atoms with Crippen molar-refractivity contribution < 1.29 is 8.42 Å². The van der Waals surface area contributed by atoms with Crippen molar-refractivity contribution in [3.05, 3.63) is 21.0 Å². The number of anilines is 1. The molecule has 1 aromatic heterocycles. The molecule has 0 aliphatic rings. The lowest BCUT2D eigenvalue weighted by Crippen LogP contribution is -2.29. The summed E-state index contributed by atoms with van der Waals surface area (Å²) >= 11 is 3.22. The zero-order valence-corrected chi connectivity index (χ0v) is 13.2. The van der Waals surface area contributed by atoms with Crippen LogP contribution in [0.15, 0.2) is 15.5 Å². The van der Waals surface area contributed by atoms with Gasteiger partial charge in [0.1, 0.15) is 4.47 Å². The van der Waals surface area contributed by atoms with Crippen molar-refractivity contribution in [2.75, 3.05) is 24.7 Å². The first kappa shape index (κ1) is 16.1. The summed E-state index contributed by atoms with van der Waals surface area (Å²) in [6, 6.07) is 0. The summed E-state index contributed by atoms with van der Waals surface area (Å²) in [6.07, 6.45) is 3.46. The van der Waals surface area contributed by atoms with Gasteiger partial charge in [-0.15, -0.1) is 0 Å². The lowest BCUT2D eigenvalue weighted by molar-refractivity contribution is 0.566. The van der Waals surface area contributed by atoms with E-state index in [9.17, 15) is 13.2 Å². The number of aryl methyl sites for hydroxylation is 1. The van der Waals surface area contributed by atoms with Crippen molar-refractivity contribution in [2.24, 2.45) is 0 Å². The highest BCUT2D eigenvalue weighted by atomic mass is 79.9. The van der Waals surface area contributed by atoms with Crippen molar-refractivity contribution in [3.8, 4) is 0 Å². The Bertz CT molecular complexity index is 585. The zero-order valence-electron chi connectivity index (χ0n) is 10.8. The smallest absolute Gasteiger partial charge is 0.283 e. The number of nitrogens with one attached hydrogen (secondary N) is 2. The molecular weight excluding hydrogens is 336 g/mol.